The first-order chi connectivity index (χ1) is 14.5. The summed E-state index contributed by atoms with van der Waals surface area (Å²) in [5.74, 6) is 4.19. The third-order valence-corrected chi connectivity index (χ3v) is 10.8. The van der Waals surface area contributed by atoms with Crippen molar-refractivity contribution in [2.24, 2.45) is 17.8 Å². The first-order valence-corrected chi connectivity index (χ1v) is 12.0. The maximum Gasteiger partial charge on any atom is 0.166 e. The Balaban J connectivity index is 1.53. The van der Waals surface area contributed by atoms with Crippen molar-refractivity contribution in [3.05, 3.63) is 17.7 Å². The Morgan fingerprint density at radius 3 is 2.67 bits per heavy atom. The SMILES string of the molecule is COc1cc2c(cc1OC)[N+]1(C)CC[C@@H]3OCC[C@@H]4C[N+]5(C)CC[C@@]26[C@@H]5C[C@H]4[C@H]3[C@@H]61. The maximum atomic E-state index is 6.62. The molecule has 1 aromatic rings. The molecule has 0 N–H and O–H groups in total. The quantitative estimate of drug-likeness (QED) is 0.699. The van der Waals surface area contributed by atoms with Gasteiger partial charge in [-0.2, -0.15) is 0 Å². The van der Waals surface area contributed by atoms with Crippen LogP contribution >= 0.6 is 0 Å². The maximum absolute atomic E-state index is 6.62. The second kappa shape index (κ2) is 5.54. The summed E-state index contributed by atoms with van der Waals surface area (Å²) in [5, 5.41) is 0. The second-order valence-corrected chi connectivity index (χ2v) is 11.6. The van der Waals surface area contributed by atoms with Gasteiger partial charge in [-0.15, -0.1) is 0 Å². The van der Waals surface area contributed by atoms with Gasteiger partial charge in [-0.05, 0) is 18.4 Å². The largest absolute Gasteiger partial charge is 0.493 e. The molecule has 1 aromatic carbocycles. The molecule has 5 nitrogen and oxygen atoms in total. The summed E-state index contributed by atoms with van der Waals surface area (Å²) < 4.78 is 20.6. The van der Waals surface area contributed by atoms with Crippen LogP contribution in [0.4, 0.5) is 5.69 Å². The lowest BCUT2D eigenvalue weighted by Gasteiger charge is -2.61. The van der Waals surface area contributed by atoms with Gasteiger partial charge in [-0.3, -0.25) is 4.48 Å². The molecule has 5 heterocycles. The van der Waals surface area contributed by atoms with E-state index in [1.807, 2.05) is 0 Å². The molecular weight excluding hydrogens is 376 g/mol. The summed E-state index contributed by atoms with van der Waals surface area (Å²) >= 11 is 0. The predicted octanol–water partition coefficient (Wildman–Crippen LogP) is 2.94. The van der Waals surface area contributed by atoms with Crippen LogP contribution in [-0.2, 0) is 10.2 Å². The summed E-state index contributed by atoms with van der Waals surface area (Å²) in [5.41, 5.74) is 3.36. The van der Waals surface area contributed by atoms with E-state index in [9.17, 15) is 0 Å². The van der Waals surface area contributed by atoms with Crippen LogP contribution in [0.1, 0.15) is 31.2 Å². The number of ether oxygens (including phenoxy) is 3. The molecular formula is C25H36N2O3+2. The molecule has 5 aliphatic heterocycles. The van der Waals surface area contributed by atoms with Crippen LogP contribution in [-0.4, -0.2) is 77.2 Å². The Hall–Kier alpha value is -1.30. The highest BCUT2D eigenvalue weighted by Crippen LogP contribution is 2.69. The second-order valence-electron chi connectivity index (χ2n) is 11.6. The van der Waals surface area contributed by atoms with Gasteiger partial charge in [0.25, 0.3) is 0 Å². The van der Waals surface area contributed by atoms with E-state index in [0.29, 0.717) is 18.1 Å². The molecule has 1 aliphatic carbocycles. The number of methoxy groups -OCH3 is 2. The molecule has 0 amide bonds. The van der Waals surface area contributed by atoms with Crippen LogP contribution in [0.25, 0.3) is 0 Å². The number of piperidine rings is 2. The van der Waals surface area contributed by atoms with Crippen molar-refractivity contribution < 1.29 is 18.7 Å². The molecule has 0 aromatic heterocycles. The predicted molar refractivity (Wildman–Crippen MR) is 116 cm³/mol. The minimum Gasteiger partial charge on any atom is -0.493 e. The number of fused-ring (bicyclic) bond motifs is 2. The summed E-state index contributed by atoms with van der Waals surface area (Å²) in [6.07, 6.45) is 5.65. The molecule has 6 aliphatic rings. The average Bonchev–Trinajstić information content (AvgIpc) is 3.10. The molecule has 4 saturated heterocycles. The average molecular weight is 413 g/mol. The number of rotatable bonds is 2. The van der Waals surface area contributed by atoms with Crippen LogP contribution < -0.4 is 14.0 Å². The summed E-state index contributed by atoms with van der Waals surface area (Å²) in [4.78, 5) is 0. The fourth-order valence-corrected chi connectivity index (χ4v) is 9.89. The lowest BCUT2D eigenvalue weighted by Crippen LogP contribution is -2.76. The van der Waals surface area contributed by atoms with Gasteiger partial charge in [-0.1, -0.05) is 0 Å². The molecule has 1 spiro atoms. The first kappa shape index (κ1) is 18.3. The Labute approximate surface area is 180 Å². The fraction of sp³-hybridized carbons (Fsp3) is 0.760. The van der Waals surface area contributed by atoms with Crippen LogP contribution in [0.5, 0.6) is 11.5 Å². The van der Waals surface area contributed by atoms with E-state index in [0.717, 1.165) is 40.5 Å². The van der Waals surface area contributed by atoms with E-state index in [1.54, 1.807) is 19.8 Å². The lowest BCUT2D eigenvalue weighted by molar-refractivity contribution is -0.935. The zero-order valence-electron chi connectivity index (χ0n) is 18.9. The minimum atomic E-state index is 0.261. The van der Waals surface area contributed by atoms with Gasteiger partial charge in [0.15, 0.2) is 11.5 Å². The van der Waals surface area contributed by atoms with E-state index in [1.165, 1.54) is 55.5 Å². The molecule has 1 saturated carbocycles. The molecule has 7 rings (SSSR count). The van der Waals surface area contributed by atoms with Crippen LogP contribution in [0.2, 0.25) is 0 Å². The van der Waals surface area contributed by atoms with E-state index in [4.69, 9.17) is 14.2 Å². The molecule has 0 radical (unpaired) electrons. The molecule has 5 heteroatoms. The van der Waals surface area contributed by atoms with E-state index in [-0.39, 0.29) is 5.41 Å². The van der Waals surface area contributed by atoms with Crippen molar-refractivity contribution >= 4 is 5.69 Å². The van der Waals surface area contributed by atoms with E-state index in [2.05, 4.69) is 26.2 Å². The highest BCUT2D eigenvalue weighted by atomic mass is 16.5. The van der Waals surface area contributed by atoms with Crippen LogP contribution in [0.15, 0.2) is 12.1 Å². The van der Waals surface area contributed by atoms with Crippen molar-refractivity contribution in [1.82, 2.24) is 4.48 Å². The Kier molecular flexibility index (Phi) is 3.38. The van der Waals surface area contributed by atoms with Gasteiger partial charge in [0.2, 0.25) is 0 Å². The van der Waals surface area contributed by atoms with Crippen LogP contribution in [0, 0.1) is 17.8 Å². The number of hydrogen-bond acceptors (Lipinski definition) is 3. The number of quaternary nitrogens is 2. The number of hydrogen-bond donors (Lipinski definition) is 0. The zero-order chi connectivity index (χ0) is 20.5. The minimum absolute atomic E-state index is 0.261. The van der Waals surface area contributed by atoms with Crippen molar-refractivity contribution in [3.8, 4) is 11.5 Å². The zero-order valence-corrected chi connectivity index (χ0v) is 18.9. The smallest absolute Gasteiger partial charge is 0.166 e. The Bertz CT molecular complexity index is 935. The van der Waals surface area contributed by atoms with Crippen molar-refractivity contribution in [2.45, 2.75) is 49.3 Å². The van der Waals surface area contributed by atoms with Gasteiger partial charge in [0.1, 0.15) is 23.2 Å². The van der Waals surface area contributed by atoms with E-state index < -0.39 is 0 Å². The van der Waals surface area contributed by atoms with Gasteiger partial charge in [0.05, 0.1) is 54.1 Å². The fourth-order valence-electron chi connectivity index (χ4n) is 9.89. The molecule has 2 unspecified atom stereocenters. The molecule has 9 atom stereocenters. The highest BCUT2D eigenvalue weighted by Gasteiger charge is 2.79. The Morgan fingerprint density at radius 2 is 1.87 bits per heavy atom. The first-order valence-electron chi connectivity index (χ1n) is 12.0. The normalized spacial score (nSPS) is 51.9. The third-order valence-electron chi connectivity index (χ3n) is 10.8. The van der Waals surface area contributed by atoms with Gasteiger partial charge < -0.3 is 18.7 Å². The topological polar surface area (TPSA) is 27.7 Å². The summed E-state index contributed by atoms with van der Waals surface area (Å²) in [6.45, 7) is 4.86. The van der Waals surface area contributed by atoms with Gasteiger partial charge in [-0.25, -0.2) is 0 Å². The van der Waals surface area contributed by atoms with Gasteiger partial charge in [0, 0.05) is 49.3 Å². The summed E-state index contributed by atoms with van der Waals surface area (Å²) in [7, 11) is 8.67. The molecule has 5 fully saturated rings. The lowest BCUT2D eigenvalue weighted by atomic mass is 9.52. The standard InChI is InChI=1S/C25H36N2O3/c1-26-9-7-25-17-12-20(28-3)21(29-4)13-18(17)27(2)8-5-19-23(24(25)27)16(11-22(25)26)15(14-26)6-10-30-19/h12-13,15-16,19,22-24H,5-11,14H2,1-4H3/q+2/t15-,16-,19+,22+,23-,24+,25+,26?,27?/m1/s1. The van der Waals surface area contributed by atoms with Gasteiger partial charge >= 0.3 is 0 Å². The Morgan fingerprint density at radius 1 is 1.07 bits per heavy atom. The molecule has 30 heavy (non-hydrogen) atoms. The third kappa shape index (κ3) is 1.81. The van der Waals surface area contributed by atoms with E-state index >= 15 is 0 Å². The summed E-state index contributed by atoms with van der Waals surface area (Å²) in [6, 6.07) is 6.11. The van der Waals surface area contributed by atoms with Crippen LogP contribution in [0.3, 0.4) is 0 Å². The van der Waals surface area contributed by atoms with Crippen molar-refractivity contribution in [1.29, 1.82) is 0 Å². The number of nitrogens with zero attached hydrogens (tertiary/aromatic N) is 2. The number of benzene rings is 1. The number of likely N-dealkylation sites (N-methyl/N-ethyl adjacent to an activating group) is 2. The van der Waals surface area contributed by atoms with Crippen molar-refractivity contribution in [2.75, 3.05) is 54.6 Å². The highest BCUT2D eigenvalue weighted by molar-refractivity contribution is 5.69. The monoisotopic (exact) mass is 412 g/mol. The molecule has 162 valence electrons. The van der Waals surface area contributed by atoms with Crippen molar-refractivity contribution in [3.63, 3.8) is 0 Å². The molecule has 2 bridgehead atoms.